The van der Waals surface area contributed by atoms with E-state index in [1.54, 1.807) is 25.1 Å². The fraction of sp³-hybridized carbons (Fsp3) is 0.500. The van der Waals surface area contributed by atoms with Crippen LogP contribution in [-0.2, 0) is 29.7 Å². The normalized spacial score (nSPS) is 24.9. The summed E-state index contributed by atoms with van der Waals surface area (Å²) in [6.45, 7) is 0.869. The number of sulfone groups is 1. The Bertz CT molecular complexity index is 1120. The molecule has 0 spiro atoms. The van der Waals surface area contributed by atoms with Gasteiger partial charge >= 0.3 is 12.4 Å². The maximum absolute atomic E-state index is 14.0. The van der Waals surface area contributed by atoms with Crippen LogP contribution in [0.1, 0.15) is 43.7 Å². The molecule has 2 fully saturated rings. The molecule has 2 aromatic rings. The van der Waals surface area contributed by atoms with Crippen molar-refractivity contribution in [2.75, 3.05) is 6.61 Å². The van der Waals surface area contributed by atoms with E-state index in [4.69, 9.17) is 4.74 Å². The van der Waals surface area contributed by atoms with Gasteiger partial charge in [-0.25, -0.2) is 8.42 Å². The van der Waals surface area contributed by atoms with Crippen molar-refractivity contribution >= 4 is 9.84 Å². The maximum atomic E-state index is 14.0. The van der Waals surface area contributed by atoms with Crippen LogP contribution in [0.2, 0.25) is 0 Å². The van der Waals surface area contributed by atoms with E-state index in [2.05, 4.69) is 4.74 Å². The van der Waals surface area contributed by atoms with E-state index >= 15 is 0 Å². The predicted molar refractivity (Wildman–Crippen MR) is 114 cm³/mol. The first-order valence-electron chi connectivity index (χ1n) is 11.1. The van der Waals surface area contributed by atoms with E-state index in [0.717, 1.165) is 12.1 Å². The Kier molecular flexibility index (Phi) is 6.51. The smallest absolute Gasteiger partial charge is 0.369 e. The Morgan fingerprint density at radius 3 is 1.94 bits per heavy atom. The molecule has 0 N–H and O–H groups in total. The van der Waals surface area contributed by atoms with Crippen LogP contribution in [0, 0.1) is 0 Å². The Balaban J connectivity index is 1.80. The first kappa shape index (κ1) is 26.0. The molecule has 4 nitrogen and oxygen atoms in total. The van der Waals surface area contributed by atoms with Gasteiger partial charge in [-0.1, -0.05) is 55.8 Å². The molecule has 4 rings (SSSR count). The monoisotopic (exact) mass is 522 g/mol. The van der Waals surface area contributed by atoms with E-state index in [1.807, 2.05) is 0 Å². The third-order valence-corrected chi connectivity index (χ3v) is 9.24. The lowest BCUT2D eigenvalue weighted by atomic mass is 9.88. The molecule has 2 aliphatic rings. The maximum Gasteiger partial charge on any atom is 0.430 e. The molecular formula is C24H24F6O4S. The van der Waals surface area contributed by atoms with Gasteiger partial charge < -0.3 is 9.47 Å². The number of halogens is 6. The van der Waals surface area contributed by atoms with Gasteiger partial charge in [-0.3, -0.25) is 0 Å². The molecule has 1 aliphatic carbocycles. The molecule has 0 aromatic heterocycles. The number of unbranched alkanes of at least 4 members (excludes halogenated alkanes) is 1. The third kappa shape index (κ3) is 4.15. The highest BCUT2D eigenvalue weighted by molar-refractivity contribution is 7.92. The minimum Gasteiger partial charge on any atom is -0.369 e. The number of benzene rings is 2. The third-order valence-electron chi connectivity index (χ3n) is 6.75. The first-order valence-corrected chi connectivity index (χ1v) is 12.6. The molecule has 11 heteroatoms. The number of epoxide rings is 1. The lowest BCUT2D eigenvalue weighted by molar-refractivity contribution is -0.389. The first-order chi connectivity index (χ1) is 16.3. The highest BCUT2D eigenvalue weighted by Gasteiger charge is 2.73. The van der Waals surface area contributed by atoms with E-state index in [1.165, 1.54) is 12.1 Å². The van der Waals surface area contributed by atoms with Gasteiger partial charge in [0.05, 0.1) is 17.1 Å². The molecule has 1 saturated heterocycles. The standard InChI is InChI=1S/C24H24F6O4S/c1-2-3-13-33-22(23(25,26)27,24(28,29)30)17-11-9-16(10-12-17)21(14-19-20(15-21)34-19)35(31,32)18-7-5-4-6-8-18/h4-12,19-20H,2-3,13-15H2,1H3. The van der Waals surface area contributed by atoms with Gasteiger partial charge in [0, 0.05) is 25.0 Å². The summed E-state index contributed by atoms with van der Waals surface area (Å²) < 4.78 is 120. The van der Waals surface area contributed by atoms with E-state index in [0.29, 0.717) is 18.6 Å². The summed E-state index contributed by atoms with van der Waals surface area (Å²) >= 11 is 0. The van der Waals surface area contributed by atoms with Crippen LogP contribution < -0.4 is 0 Å². The van der Waals surface area contributed by atoms with Gasteiger partial charge in [-0.2, -0.15) is 26.3 Å². The second kappa shape index (κ2) is 8.77. The average Bonchev–Trinajstić information content (AvgIpc) is 3.41. The van der Waals surface area contributed by atoms with Crippen molar-refractivity contribution in [3.05, 3.63) is 65.7 Å². The van der Waals surface area contributed by atoms with E-state index in [-0.39, 0.29) is 41.9 Å². The zero-order chi connectivity index (χ0) is 25.7. The Hall–Kier alpha value is -2.11. The summed E-state index contributed by atoms with van der Waals surface area (Å²) in [7, 11) is -4.03. The van der Waals surface area contributed by atoms with Crippen LogP contribution in [0.4, 0.5) is 26.3 Å². The zero-order valence-electron chi connectivity index (χ0n) is 18.7. The minimum atomic E-state index is -5.79. The topological polar surface area (TPSA) is 55.9 Å². The molecule has 1 heterocycles. The molecular weight excluding hydrogens is 498 g/mol. The van der Waals surface area contributed by atoms with Gasteiger partial charge in [-0.05, 0) is 24.1 Å². The summed E-state index contributed by atoms with van der Waals surface area (Å²) in [5.41, 5.74) is -5.56. The summed E-state index contributed by atoms with van der Waals surface area (Å²) in [5.74, 6) is 0. The lowest BCUT2D eigenvalue weighted by Gasteiger charge is -2.38. The van der Waals surface area contributed by atoms with Crippen molar-refractivity contribution in [3.63, 3.8) is 0 Å². The Labute approximate surface area is 199 Å². The molecule has 0 amide bonds. The van der Waals surface area contributed by atoms with Crippen molar-refractivity contribution < 1.29 is 44.2 Å². The van der Waals surface area contributed by atoms with E-state index in [9.17, 15) is 34.8 Å². The second-order valence-electron chi connectivity index (χ2n) is 8.89. The Morgan fingerprint density at radius 1 is 0.914 bits per heavy atom. The number of fused-ring (bicyclic) bond motifs is 1. The number of hydrogen-bond acceptors (Lipinski definition) is 4. The van der Waals surface area contributed by atoms with Crippen molar-refractivity contribution in [3.8, 4) is 0 Å². The van der Waals surface area contributed by atoms with Crippen molar-refractivity contribution in [2.45, 2.75) is 72.4 Å². The largest absolute Gasteiger partial charge is 0.430 e. The molecule has 0 bridgehead atoms. The highest BCUT2D eigenvalue weighted by atomic mass is 32.2. The van der Waals surface area contributed by atoms with Crippen LogP contribution >= 0.6 is 0 Å². The SMILES string of the molecule is CCCCOC(c1ccc(C2(S(=O)(=O)c3ccccc3)CC3OC3C2)cc1)(C(F)(F)F)C(F)(F)F. The van der Waals surface area contributed by atoms with Gasteiger partial charge in [-0.15, -0.1) is 0 Å². The molecule has 2 atom stereocenters. The van der Waals surface area contributed by atoms with Crippen molar-refractivity contribution in [2.24, 2.45) is 0 Å². The number of rotatable bonds is 8. The lowest BCUT2D eigenvalue weighted by Crippen LogP contribution is -2.56. The zero-order valence-corrected chi connectivity index (χ0v) is 19.5. The summed E-state index contributed by atoms with van der Waals surface area (Å²) in [4.78, 5) is 0.0215. The molecule has 35 heavy (non-hydrogen) atoms. The van der Waals surface area contributed by atoms with Gasteiger partial charge in [0.25, 0.3) is 5.60 Å². The van der Waals surface area contributed by atoms with Gasteiger partial charge in [0.2, 0.25) is 0 Å². The molecule has 2 unspecified atom stereocenters. The number of alkyl halides is 6. The summed E-state index contributed by atoms with van der Waals surface area (Å²) in [6, 6.07) is 11.0. The van der Waals surface area contributed by atoms with Crippen LogP contribution in [-0.4, -0.2) is 39.6 Å². The van der Waals surface area contributed by atoms with Crippen LogP contribution in [0.3, 0.4) is 0 Å². The van der Waals surface area contributed by atoms with Crippen molar-refractivity contribution in [1.29, 1.82) is 0 Å². The molecule has 192 valence electrons. The number of ether oxygens (including phenoxy) is 2. The Morgan fingerprint density at radius 2 is 1.46 bits per heavy atom. The van der Waals surface area contributed by atoms with Crippen LogP contribution in [0.15, 0.2) is 59.5 Å². The summed E-state index contributed by atoms with van der Waals surface area (Å²) in [5, 5.41) is 0. The second-order valence-corrected chi connectivity index (χ2v) is 11.1. The molecule has 0 radical (unpaired) electrons. The number of hydrogen-bond donors (Lipinski definition) is 0. The van der Waals surface area contributed by atoms with Crippen LogP contribution in [0.5, 0.6) is 0 Å². The predicted octanol–water partition coefficient (Wildman–Crippen LogP) is 6.05. The summed E-state index contributed by atoms with van der Waals surface area (Å²) in [6.07, 6.45) is -11.8. The highest BCUT2D eigenvalue weighted by Crippen LogP contribution is 2.57. The average molecular weight is 523 g/mol. The van der Waals surface area contributed by atoms with Crippen molar-refractivity contribution in [1.82, 2.24) is 0 Å². The fourth-order valence-electron chi connectivity index (χ4n) is 4.82. The quantitative estimate of drug-likeness (QED) is 0.241. The molecule has 2 aromatic carbocycles. The van der Waals surface area contributed by atoms with Gasteiger partial charge in [0.15, 0.2) is 9.84 Å². The van der Waals surface area contributed by atoms with E-state index < -0.39 is 44.7 Å². The van der Waals surface area contributed by atoms with Crippen LogP contribution in [0.25, 0.3) is 0 Å². The minimum absolute atomic E-state index is 0.00714. The van der Waals surface area contributed by atoms with Gasteiger partial charge in [0.1, 0.15) is 4.75 Å². The molecule has 1 saturated carbocycles. The molecule has 1 aliphatic heterocycles. The fourth-order valence-corrected chi connectivity index (χ4v) is 7.00.